The molecule has 3 rings (SSSR count). The Morgan fingerprint density at radius 1 is 1.31 bits per heavy atom. The van der Waals surface area contributed by atoms with Gasteiger partial charge >= 0.3 is 6.09 Å². The van der Waals surface area contributed by atoms with Crippen LogP contribution in [-0.4, -0.2) is 52.7 Å². The van der Waals surface area contributed by atoms with Crippen LogP contribution in [0.5, 0.6) is 11.5 Å². The summed E-state index contributed by atoms with van der Waals surface area (Å²) in [6.45, 7) is 8.80. The summed E-state index contributed by atoms with van der Waals surface area (Å²) in [6.07, 6.45) is 2.66. The molecule has 1 aromatic heterocycles. The van der Waals surface area contributed by atoms with Crippen LogP contribution in [0.1, 0.15) is 26.3 Å². The molecule has 0 spiro atoms. The fourth-order valence-corrected chi connectivity index (χ4v) is 3.51. The van der Waals surface area contributed by atoms with E-state index in [4.69, 9.17) is 26.8 Å². The number of benzene rings is 1. The second-order valence-corrected chi connectivity index (χ2v) is 7.94. The van der Waals surface area contributed by atoms with Gasteiger partial charge in [-0.3, -0.25) is 9.88 Å². The van der Waals surface area contributed by atoms with Crippen LogP contribution in [0.3, 0.4) is 0 Å². The number of nitrogen functional groups attached to an aromatic ring is 1. The molecule has 7 nitrogen and oxygen atoms in total. The maximum atomic E-state index is 12.5. The maximum Gasteiger partial charge on any atom is 0.415 e. The Labute approximate surface area is 176 Å². The first-order valence-corrected chi connectivity index (χ1v) is 10.1. The molecule has 2 N–H and O–H groups in total. The molecule has 0 radical (unpaired) electrons. The summed E-state index contributed by atoms with van der Waals surface area (Å²) in [5, 5.41) is 0.611. The van der Waals surface area contributed by atoms with Crippen molar-refractivity contribution < 1.29 is 14.3 Å². The van der Waals surface area contributed by atoms with Crippen molar-refractivity contribution in [2.45, 2.75) is 39.5 Å². The third-order valence-electron chi connectivity index (χ3n) is 4.65. The Morgan fingerprint density at radius 2 is 2.10 bits per heavy atom. The molecule has 0 saturated carbocycles. The van der Waals surface area contributed by atoms with Crippen LogP contribution in [-0.2, 0) is 6.54 Å². The Hall–Kier alpha value is -2.51. The predicted molar refractivity (Wildman–Crippen MR) is 113 cm³/mol. The molecule has 156 valence electrons. The Balaban J connectivity index is 1.58. The van der Waals surface area contributed by atoms with Gasteiger partial charge in [0.2, 0.25) is 0 Å². The lowest BCUT2D eigenvalue weighted by molar-refractivity contribution is 0.0752. The third-order valence-corrected chi connectivity index (χ3v) is 4.96. The van der Waals surface area contributed by atoms with Gasteiger partial charge in [0.15, 0.2) is 5.75 Å². The minimum atomic E-state index is -0.385. The molecular formula is C21H27ClN4O3. The molecular weight excluding hydrogens is 392 g/mol. The Kier molecular flexibility index (Phi) is 6.82. The Bertz CT molecular complexity index is 862. The highest BCUT2D eigenvalue weighted by molar-refractivity contribution is 6.32. The second-order valence-electron chi connectivity index (χ2n) is 7.53. The van der Waals surface area contributed by atoms with Gasteiger partial charge in [-0.25, -0.2) is 4.79 Å². The van der Waals surface area contributed by atoms with E-state index in [1.54, 1.807) is 11.0 Å². The molecule has 1 aliphatic heterocycles. The fraction of sp³-hybridized carbons (Fsp3) is 0.429. The van der Waals surface area contributed by atoms with Crippen molar-refractivity contribution in [2.24, 2.45) is 0 Å². The number of hydrogen-bond donors (Lipinski definition) is 1. The molecule has 2 heterocycles. The normalized spacial score (nSPS) is 17.4. The van der Waals surface area contributed by atoms with E-state index in [1.807, 2.05) is 39.0 Å². The van der Waals surface area contributed by atoms with Gasteiger partial charge in [-0.1, -0.05) is 17.7 Å². The molecule has 1 saturated heterocycles. The summed E-state index contributed by atoms with van der Waals surface area (Å²) in [5.74, 6) is 1.05. The minimum Gasteiger partial charge on any atom is -0.489 e. The summed E-state index contributed by atoms with van der Waals surface area (Å²) in [4.78, 5) is 20.5. The van der Waals surface area contributed by atoms with E-state index in [0.29, 0.717) is 28.8 Å². The van der Waals surface area contributed by atoms with Crippen molar-refractivity contribution in [1.82, 2.24) is 14.8 Å². The number of rotatable bonds is 5. The average Bonchev–Trinajstić information content (AvgIpc) is 2.64. The number of ether oxygens (including phenoxy) is 2. The number of carbonyl (C=O) groups excluding carboxylic acids is 1. The summed E-state index contributed by atoms with van der Waals surface area (Å²) in [6, 6.07) is 7.46. The number of pyridine rings is 1. The van der Waals surface area contributed by atoms with Crippen molar-refractivity contribution in [3.63, 3.8) is 0 Å². The quantitative estimate of drug-likeness (QED) is 0.795. The molecule has 1 atom stereocenters. The number of nitrogens with zero attached hydrogens (tertiary/aromatic N) is 3. The highest BCUT2D eigenvalue weighted by Crippen LogP contribution is 2.27. The molecule has 29 heavy (non-hydrogen) atoms. The van der Waals surface area contributed by atoms with Gasteiger partial charge in [0.1, 0.15) is 5.75 Å². The predicted octanol–water partition coefficient (Wildman–Crippen LogP) is 3.81. The zero-order valence-electron chi connectivity index (χ0n) is 17.0. The van der Waals surface area contributed by atoms with E-state index < -0.39 is 0 Å². The third kappa shape index (κ3) is 5.74. The molecule has 1 fully saturated rings. The number of anilines is 1. The van der Waals surface area contributed by atoms with Crippen LogP contribution in [0.2, 0.25) is 5.02 Å². The number of nitrogens with two attached hydrogens (primary N) is 1. The first-order valence-electron chi connectivity index (χ1n) is 9.68. The lowest BCUT2D eigenvalue weighted by Gasteiger charge is -2.39. The van der Waals surface area contributed by atoms with Crippen molar-refractivity contribution >= 4 is 23.4 Å². The van der Waals surface area contributed by atoms with Crippen molar-refractivity contribution in [1.29, 1.82) is 0 Å². The van der Waals surface area contributed by atoms with Gasteiger partial charge in [-0.2, -0.15) is 0 Å². The van der Waals surface area contributed by atoms with Crippen LogP contribution in [0.4, 0.5) is 10.5 Å². The smallest absolute Gasteiger partial charge is 0.415 e. The first kappa shape index (κ1) is 21.2. The van der Waals surface area contributed by atoms with E-state index in [1.165, 1.54) is 12.4 Å². The van der Waals surface area contributed by atoms with E-state index in [-0.39, 0.29) is 18.2 Å². The molecule has 1 aromatic carbocycles. The van der Waals surface area contributed by atoms with E-state index in [2.05, 4.69) is 9.88 Å². The van der Waals surface area contributed by atoms with Gasteiger partial charge in [0.25, 0.3) is 0 Å². The van der Waals surface area contributed by atoms with Gasteiger partial charge in [0, 0.05) is 38.3 Å². The van der Waals surface area contributed by atoms with Crippen LogP contribution < -0.4 is 15.2 Å². The molecule has 1 aliphatic rings. The number of amides is 1. The summed E-state index contributed by atoms with van der Waals surface area (Å²) < 4.78 is 11.2. The van der Waals surface area contributed by atoms with Crippen molar-refractivity contribution in [2.75, 3.05) is 25.4 Å². The summed E-state index contributed by atoms with van der Waals surface area (Å²) in [7, 11) is 0. The SMILES string of the molecule is CC(C)Oc1cc(CN2CCN(C(=O)Oc3cncc(N)c3)C(C)C2)ccc1Cl. The van der Waals surface area contributed by atoms with Crippen molar-refractivity contribution in [3.8, 4) is 11.5 Å². The van der Waals surface area contributed by atoms with Gasteiger partial charge < -0.3 is 20.1 Å². The molecule has 1 unspecified atom stereocenters. The zero-order valence-corrected chi connectivity index (χ0v) is 17.7. The summed E-state index contributed by atoms with van der Waals surface area (Å²) in [5.41, 5.74) is 7.27. The molecule has 0 aliphatic carbocycles. The maximum absolute atomic E-state index is 12.5. The lowest BCUT2D eigenvalue weighted by atomic mass is 10.1. The lowest BCUT2D eigenvalue weighted by Crippen LogP contribution is -2.54. The van der Waals surface area contributed by atoms with E-state index >= 15 is 0 Å². The average molecular weight is 419 g/mol. The minimum absolute atomic E-state index is 0.0175. The van der Waals surface area contributed by atoms with E-state index in [9.17, 15) is 4.79 Å². The molecule has 0 bridgehead atoms. The second kappa shape index (κ2) is 9.33. The molecule has 2 aromatic rings. The van der Waals surface area contributed by atoms with Gasteiger partial charge in [-0.15, -0.1) is 0 Å². The fourth-order valence-electron chi connectivity index (χ4n) is 3.35. The van der Waals surface area contributed by atoms with Crippen molar-refractivity contribution in [3.05, 3.63) is 47.2 Å². The number of hydrogen-bond acceptors (Lipinski definition) is 6. The topological polar surface area (TPSA) is 80.9 Å². The number of piperazine rings is 1. The van der Waals surface area contributed by atoms with Gasteiger partial charge in [0.05, 0.1) is 29.2 Å². The number of carbonyl (C=O) groups is 1. The van der Waals surface area contributed by atoms with Crippen LogP contribution in [0, 0.1) is 0 Å². The standard InChI is InChI=1S/C21H27ClN4O3/c1-14(2)28-20-8-16(4-5-19(20)22)13-25-6-7-26(15(3)12-25)21(27)29-18-9-17(23)10-24-11-18/h4-5,8-11,14-15H,6-7,12-13,23H2,1-3H3. The van der Waals surface area contributed by atoms with Crippen LogP contribution in [0.25, 0.3) is 0 Å². The van der Waals surface area contributed by atoms with Crippen LogP contribution in [0.15, 0.2) is 36.7 Å². The molecule has 8 heteroatoms. The number of aromatic nitrogens is 1. The highest BCUT2D eigenvalue weighted by Gasteiger charge is 2.29. The Morgan fingerprint density at radius 3 is 2.79 bits per heavy atom. The molecule has 1 amide bonds. The summed E-state index contributed by atoms with van der Waals surface area (Å²) >= 11 is 6.23. The first-order chi connectivity index (χ1) is 13.8. The number of halogens is 1. The van der Waals surface area contributed by atoms with Gasteiger partial charge in [-0.05, 0) is 38.5 Å². The van der Waals surface area contributed by atoms with Crippen LogP contribution >= 0.6 is 11.6 Å². The van der Waals surface area contributed by atoms with E-state index in [0.717, 1.165) is 25.2 Å². The zero-order chi connectivity index (χ0) is 21.0. The monoisotopic (exact) mass is 418 g/mol. The highest BCUT2D eigenvalue weighted by atomic mass is 35.5. The largest absolute Gasteiger partial charge is 0.489 e.